The highest BCUT2D eigenvalue weighted by molar-refractivity contribution is 7.86. The van der Waals surface area contributed by atoms with E-state index in [1.807, 2.05) is 42.5 Å². The van der Waals surface area contributed by atoms with E-state index >= 15 is 0 Å². The fraction of sp³-hybridized carbons (Fsp3) is 0. The molecule has 0 aliphatic carbocycles. The number of benzene rings is 3. The predicted molar refractivity (Wildman–Crippen MR) is 122 cm³/mol. The largest absolute Gasteiger partial charge is 0.396 e. The van der Waals surface area contributed by atoms with Crippen molar-refractivity contribution in [3.8, 4) is 0 Å². The molecule has 0 fully saturated rings. The molecule has 4 rings (SSSR count). The number of nitrogens with zero attached hydrogens (tertiary/aromatic N) is 3. The molecule has 0 amide bonds. The van der Waals surface area contributed by atoms with E-state index in [9.17, 15) is 13.0 Å². The fourth-order valence-corrected chi connectivity index (χ4v) is 3.78. The molecule has 0 bridgehead atoms. The van der Waals surface area contributed by atoms with Gasteiger partial charge in [-0.2, -0.15) is 8.42 Å². The average molecular weight is 430 g/mol. The van der Waals surface area contributed by atoms with Crippen LogP contribution in [0.25, 0.3) is 22.9 Å². The maximum Gasteiger partial charge on any atom is 0.295 e. The van der Waals surface area contributed by atoms with Crippen molar-refractivity contribution >= 4 is 50.1 Å². The van der Waals surface area contributed by atoms with Gasteiger partial charge in [-0.1, -0.05) is 60.7 Å². The maximum atomic E-state index is 11.8. The molecule has 0 saturated carbocycles. The summed E-state index contributed by atoms with van der Waals surface area (Å²) in [5.74, 6) is 0. The molecule has 7 nitrogen and oxygen atoms in total. The zero-order chi connectivity index (χ0) is 21.8. The van der Waals surface area contributed by atoms with E-state index in [4.69, 9.17) is 5.73 Å². The molecule has 154 valence electrons. The number of anilines is 1. The van der Waals surface area contributed by atoms with Gasteiger partial charge in [-0.25, -0.2) is 0 Å². The van der Waals surface area contributed by atoms with E-state index in [2.05, 4.69) is 15.2 Å². The Kier molecular flexibility index (Phi) is 5.57. The summed E-state index contributed by atoms with van der Waals surface area (Å²) in [5, 5.41) is 8.98. The molecule has 3 aromatic carbocycles. The third-order valence-electron chi connectivity index (χ3n) is 4.59. The standard InChI is InChI=1S/C23H18N4O3S/c24-23-20-9-5-4-8-19(20)22(31(28,29)30)14-21(23)27-26-18-13-12-17(25-15-18)11-10-16-6-2-1-3-7-16/h1-15H,24H2,(H,28,29,30)/b11-10+,27-26+. The number of pyridine rings is 1. The van der Waals surface area contributed by atoms with Gasteiger partial charge in [-0.3, -0.25) is 9.54 Å². The van der Waals surface area contributed by atoms with Crippen molar-refractivity contribution in [2.75, 3.05) is 5.73 Å². The van der Waals surface area contributed by atoms with Crippen LogP contribution in [-0.4, -0.2) is 18.0 Å². The van der Waals surface area contributed by atoms with Crippen molar-refractivity contribution < 1.29 is 13.0 Å². The Hall–Kier alpha value is -3.88. The van der Waals surface area contributed by atoms with Gasteiger partial charge in [0.05, 0.1) is 17.6 Å². The number of rotatable bonds is 5. The van der Waals surface area contributed by atoms with E-state index in [1.165, 1.54) is 6.07 Å². The number of nitrogens with two attached hydrogens (primary N) is 1. The van der Waals surface area contributed by atoms with Crippen molar-refractivity contribution in [3.63, 3.8) is 0 Å². The van der Waals surface area contributed by atoms with Gasteiger partial charge in [-0.15, -0.1) is 10.2 Å². The molecule has 4 aromatic rings. The summed E-state index contributed by atoms with van der Waals surface area (Å²) >= 11 is 0. The lowest BCUT2D eigenvalue weighted by molar-refractivity contribution is 0.484. The summed E-state index contributed by atoms with van der Waals surface area (Å²) in [7, 11) is -4.46. The molecule has 0 radical (unpaired) electrons. The van der Waals surface area contributed by atoms with Crippen LogP contribution in [0.4, 0.5) is 17.1 Å². The van der Waals surface area contributed by atoms with Crippen molar-refractivity contribution in [2.45, 2.75) is 4.90 Å². The minimum Gasteiger partial charge on any atom is -0.396 e. The van der Waals surface area contributed by atoms with Crippen LogP contribution in [0.3, 0.4) is 0 Å². The first-order valence-corrected chi connectivity index (χ1v) is 10.8. The van der Waals surface area contributed by atoms with Crippen LogP contribution in [0, 0.1) is 0 Å². The van der Waals surface area contributed by atoms with E-state index in [0.29, 0.717) is 16.5 Å². The second-order valence-corrected chi connectivity index (χ2v) is 8.10. The van der Waals surface area contributed by atoms with Crippen molar-refractivity contribution in [1.29, 1.82) is 0 Å². The number of azo groups is 1. The molecule has 0 spiro atoms. The second kappa shape index (κ2) is 8.47. The predicted octanol–water partition coefficient (Wildman–Crippen LogP) is 5.65. The third kappa shape index (κ3) is 4.66. The number of aromatic nitrogens is 1. The fourth-order valence-electron chi connectivity index (χ4n) is 3.06. The lowest BCUT2D eigenvalue weighted by atomic mass is 10.1. The Labute approximate surface area is 179 Å². The Balaban J connectivity index is 1.63. The number of fused-ring (bicyclic) bond motifs is 1. The molecule has 0 aliphatic heterocycles. The smallest absolute Gasteiger partial charge is 0.295 e. The summed E-state index contributed by atoms with van der Waals surface area (Å²) in [6.07, 6.45) is 5.39. The molecule has 0 saturated heterocycles. The van der Waals surface area contributed by atoms with Crippen LogP contribution in [0.15, 0.2) is 94.1 Å². The van der Waals surface area contributed by atoms with Crippen molar-refractivity contribution in [1.82, 2.24) is 4.98 Å². The lowest BCUT2D eigenvalue weighted by Crippen LogP contribution is -2.01. The van der Waals surface area contributed by atoms with E-state index < -0.39 is 10.1 Å². The zero-order valence-electron chi connectivity index (χ0n) is 16.3. The normalized spacial score (nSPS) is 12.2. The first-order valence-electron chi connectivity index (χ1n) is 9.31. The summed E-state index contributed by atoms with van der Waals surface area (Å²) in [5.41, 5.74) is 8.85. The lowest BCUT2D eigenvalue weighted by Gasteiger charge is -2.09. The molecule has 0 aliphatic rings. The van der Waals surface area contributed by atoms with Gasteiger partial charge in [0.2, 0.25) is 0 Å². The minimum absolute atomic E-state index is 0.138. The van der Waals surface area contributed by atoms with Gasteiger partial charge in [0.15, 0.2) is 0 Å². The number of hydrogen-bond donors (Lipinski definition) is 2. The Bertz CT molecular complexity index is 1400. The van der Waals surface area contributed by atoms with Gasteiger partial charge in [0.25, 0.3) is 10.1 Å². The second-order valence-electron chi connectivity index (χ2n) is 6.71. The quantitative estimate of drug-likeness (QED) is 0.241. The average Bonchev–Trinajstić information content (AvgIpc) is 2.78. The molecule has 1 heterocycles. The highest BCUT2D eigenvalue weighted by Gasteiger charge is 2.18. The number of nitrogen functional groups attached to an aromatic ring is 1. The van der Waals surface area contributed by atoms with E-state index in [0.717, 1.165) is 11.3 Å². The summed E-state index contributed by atoms with van der Waals surface area (Å²) in [6.45, 7) is 0. The number of hydrogen-bond acceptors (Lipinski definition) is 6. The SMILES string of the molecule is Nc1c(/N=N/c2ccc(/C=C/c3ccccc3)nc2)cc(S(=O)(=O)O)c2ccccc12. The van der Waals surface area contributed by atoms with Gasteiger partial charge in [-0.05, 0) is 29.8 Å². The van der Waals surface area contributed by atoms with E-state index in [1.54, 1.807) is 42.6 Å². The molecular formula is C23H18N4O3S. The van der Waals surface area contributed by atoms with Crippen LogP contribution in [0.1, 0.15) is 11.3 Å². The van der Waals surface area contributed by atoms with Gasteiger partial charge in [0.1, 0.15) is 16.3 Å². The Morgan fingerprint density at radius 3 is 2.26 bits per heavy atom. The third-order valence-corrected chi connectivity index (χ3v) is 5.49. The van der Waals surface area contributed by atoms with Gasteiger partial charge in [0, 0.05) is 10.8 Å². The van der Waals surface area contributed by atoms with Crippen LogP contribution in [0.2, 0.25) is 0 Å². The molecule has 31 heavy (non-hydrogen) atoms. The van der Waals surface area contributed by atoms with Crippen molar-refractivity contribution in [3.05, 3.63) is 90.3 Å². The summed E-state index contributed by atoms with van der Waals surface area (Å²) < 4.78 is 33.2. The minimum atomic E-state index is -4.46. The van der Waals surface area contributed by atoms with Crippen molar-refractivity contribution in [2.24, 2.45) is 10.2 Å². The molecule has 0 unspecified atom stereocenters. The van der Waals surface area contributed by atoms with Gasteiger partial charge >= 0.3 is 0 Å². The highest BCUT2D eigenvalue weighted by Crippen LogP contribution is 2.36. The first kappa shape index (κ1) is 20.4. The van der Waals surface area contributed by atoms with Crippen LogP contribution in [-0.2, 0) is 10.1 Å². The zero-order valence-corrected chi connectivity index (χ0v) is 17.1. The first-order chi connectivity index (χ1) is 14.9. The van der Waals surface area contributed by atoms with E-state index in [-0.39, 0.29) is 16.3 Å². The van der Waals surface area contributed by atoms with Crippen LogP contribution >= 0.6 is 0 Å². The monoisotopic (exact) mass is 430 g/mol. The highest BCUT2D eigenvalue weighted by atomic mass is 32.2. The summed E-state index contributed by atoms with van der Waals surface area (Å²) in [6, 6.07) is 21.2. The topological polar surface area (TPSA) is 118 Å². The van der Waals surface area contributed by atoms with Crippen LogP contribution < -0.4 is 5.73 Å². The molecular weight excluding hydrogens is 412 g/mol. The summed E-state index contributed by atoms with van der Waals surface area (Å²) in [4.78, 5) is 4.06. The molecule has 8 heteroatoms. The Morgan fingerprint density at radius 2 is 1.58 bits per heavy atom. The Morgan fingerprint density at radius 1 is 0.871 bits per heavy atom. The molecule has 3 N–H and O–H groups in total. The molecule has 1 aromatic heterocycles. The molecule has 0 atom stereocenters. The maximum absolute atomic E-state index is 11.8. The van der Waals surface area contributed by atoms with Gasteiger partial charge < -0.3 is 5.73 Å². The van der Waals surface area contributed by atoms with Crippen LogP contribution in [0.5, 0.6) is 0 Å².